The highest BCUT2D eigenvalue weighted by atomic mass is 16.5. The molecule has 0 saturated carbocycles. The Balaban J connectivity index is 2.21. The summed E-state index contributed by atoms with van der Waals surface area (Å²) in [6, 6.07) is 14.0. The molecule has 0 fully saturated rings. The molecular formula is C16H13N3O2. The van der Waals surface area contributed by atoms with E-state index in [0.29, 0.717) is 17.0 Å². The predicted octanol–water partition coefficient (Wildman–Crippen LogP) is 2.19. The number of allylic oxidation sites excluding steroid dienone is 1. The quantitative estimate of drug-likeness (QED) is 0.694. The van der Waals surface area contributed by atoms with Gasteiger partial charge in [-0.15, -0.1) is 0 Å². The Labute approximate surface area is 121 Å². The number of ether oxygens (including phenoxy) is 1. The van der Waals surface area contributed by atoms with E-state index in [1.807, 2.05) is 6.07 Å². The topological polar surface area (TPSA) is 105 Å². The smallest absolute Gasteiger partial charge is 0.205 e. The van der Waals surface area contributed by atoms with Crippen molar-refractivity contribution in [2.45, 2.75) is 5.92 Å². The van der Waals surface area contributed by atoms with Crippen LogP contribution >= 0.6 is 0 Å². The fourth-order valence-electron chi connectivity index (χ4n) is 2.48. The normalized spacial score (nSPS) is 16.8. The molecule has 1 aliphatic rings. The summed E-state index contributed by atoms with van der Waals surface area (Å²) in [6.07, 6.45) is 0. The molecule has 1 heterocycles. The average molecular weight is 279 g/mol. The van der Waals surface area contributed by atoms with Gasteiger partial charge in [0.1, 0.15) is 23.1 Å². The lowest BCUT2D eigenvalue weighted by Gasteiger charge is -2.26. The molecule has 0 unspecified atom stereocenters. The van der Waals surface area contributed by atoms with E-state index in [0.717, 1.165) is 11.1 Å². The molecule has 0 radical (unpaired) electrons. The number of benzene rings is 2. The van der Waals surface area contributed by atoms with E-state index in [4.69, 9.17) is 16.2 Å². The number of nitrogens with zero attached hydrogens (tertiary/aromatic N) is 1. The van der Waals surface area contributed by atoms with Crippen LogP contribution in [0.2, 0.25) is 0 Å². The van der Waals surface area contributed by atoms with Gasteiger partial charge in [-0.1, -0.05) is 18.2 Å². The van der Waals surface area contributed by atoms with Crippen LogP contribution in [0.4, 0.5) is 5.69 Å². The zero-order valence-corrected chi connectivity index (χ0v) is 11.1. The summed E-state index contributed by atoms with van der Waals surface area (Å²) in [4.78, 5) is 0. The minimum atomic E-state index is -0.333. The van der Waals surface area contributed by atoms with Crippen LogP contribution in [0.25, 0.3) is 0 Å². The molecule has 2 aromatic rings. The lowest BCUT2D eigenvalue weighted by Crippen LogP contribution is -2.21. The first-order valence-electron chi connectivity index (χ1n) is 6.36. The van der Waals surface area contributed by atoms with Gasteiger partial charge >= 0.3 is 0 Å². The Kier molecular flexibility index (Phi) is 2.92. The zero-order valence-electron chi connectivity index (χ0n) is 11.1. The van der Waals surface area contributed by atoms with Crippen molar-refractivity contribution in [3.05, 3.63) is 65.0 Å². The van der Waals surface area contributed by atoms with Gasteiger partial charge in [0.05, 0.1) is 5.92 Å². The van der Waals surface area contributed by atoms with E-state index in [1.54, 1.807) is 36.4 Å². The summed E-state index contributed by atoms with van der Waals surface area (Å²) in [5.41, 5.74) is 14.2. The van der Waals surface area contributed by atoms with Crippen LogP contribution in [0, 0.1) is 11.3 Å². The fourth-order valence-corrected chi connectivity index (χ4v) is 2.48. The molecule has 21 heavy (non-hydrogen) atoms. The lowest BCUT2D eigenvalue weighted by atomic mass is 9.83. The third-order valence-corrected chi connectivity index (χ3v) is 3.47. The molecule has 0 aliphatic carbocycles. The summed E-state index contributed by atoms with van der Waals surface area (Å²) in [5.74, 6) is 0.456. The van der Waals surface area contributed by atoms with Crippen molar-refractivity contribution < 1.29 is 9.84 Å². The average Bonchev–Trinajstić information content (AvgIpc) is 2.46. The highest BCUT2D eigenvalue weighted by Gasteiger charge is 2.30. The molecule has 104 valence electrons. The van der Waals surface area contributed by atoms with Crippen LogP contribution in [0.3, 0.4) is 0 Å². The van der Waals surface area contributed by atoms with E-state index in [-0.39, 0.29) is 17.6 Å². The van der Waals surface area contributed by atoms with Crippen LogP contribution < -0.4 is 16.2 Å². The molecule has 5 N–H and O–H groups in total. The molecule has 0 amide bonds. The summed E-state index contributed by atoms with van der Waals surface area (Å²) in [5, 5.41) is 18.8. The summed E-state index contributed by atoms with van der Waals surface area (Å²) in [7, 11) is 0. The Morgan fingerprint density at radius 1 is 1.10 bits per heavy atom. The molecule has 2 aromatic carbocycles. The second-order valence-corrected chi connectivity index (χ2v) is 4.81. The van der Waals surface area contributed by atoms with E-state index in [1.165, 1.54) is 0 Å². The minimum Gasteiger partial charge on any atom is -0.508 e. The second kappa shape index (κ2) is 4.76. The van der Waals surface area contributed by atoms with Gasteiger partial charge in [0.2, 0.25) is 5.88 Å². The monoisotopic (exact) mass is 279 g/mol. The first-order valence-corrected chi connectivity index (χ1v) is 6.36. The van der Waals surface area contributed by atoms with E-state index >= 15 is 0 Å². The number of nitriles is 1. The number of fused-ring (bicyclic) bond motifs is 1. The fraction of sp³-hybridized carbons (Fsp3) is 0.0625. The van der Waals surface area contributed by atoms with Gasteiger partial charge in [0.15, 0.2) is 0 Å². The lowest BCUT2D eigenvalue weighted by molar-refractivity contribution is 0.394. The van der Waals surface area contributed by atoms with Crippen LogP contribution in [0.5, 0.6) is 11.5 Å². The first kappa shape index (κ1) is 12.9. The molecule has 0 aromatic heterocycles. The highest BCUT2D eigenvalue weighted by Crippen LogP contribution is 2.42. The molecule has 0 bridgehead atoms. The number of nitrogens with two attached hydrogens (primary N) is 2. The van der Waals surface area contributed by atoms with E-state index in [2.05, 4.69) is 6.07 Å². The van der Waals surface area contributed by atoms with Crippen molar-refractivity contribution in [2.24, 2.45) is 5.73 Å². The number of phenols is 1. The number of nitrogen functional groups attached to an aromatic ring is 1. The van der Waals surface area contributed by atoms with Crippen LogP contribution in [-0.2, 0) is 0 Å². The summed E-state index contributed by atoms with van der Waals surface area (Å²) >= 11 is 0. The zero-order chi connectivity index (χ0) is 15.0. The van der Waals surface area contributed by atoms with Crippen molar-refractivity contribution >= 4 is 5.69 Å². The first-order chi connectivity index (χ1) is 10.1. The standard InChI is InChI=1S/C16H13N3O2/c17-8-13-15(9-1-4-11(20)5-2-9)12-6-3-10(18)7-14(12)21-16(13)19/h1-7,15,20H,18-19H2/t15-/m0/s1. The van der Waals surface area contributed by atoms with Gasteiger partial charge in [-0.25, -0.2) is 0 Å². The van der Waals surface area contributed by atoms with E-state index < -0.39 is 0 Å². The number of rotatable bonds is 1. The Bertz CT molecular complexity index is 773. The number of phenolic OH excluding ortho intramolecular Hbond substituents is 1. The van der Waals surface area contributed by atoms with E-state index in [9.17, 15) is 10.4 Å². The summed E-state index contributed by atoms with van der Waals surface area (Å²) in [6.45, 7) is 0. The third kappa shape index (κ3) is 2.13. The Morgan fingerprint density at radius 2 is 1.81 bits per heavy atom. The van der Waals surface area contributed by atoms with Crippen molar-refractivity contribution in [3.8, 4) is 17.6 Å². The second-order valence-electron chi connectivity index (χ2n) is 4.81. The van der Waals surface area contributed by atoms with Crippen molar-refractivity contribution in [3.63, 3.8) is 0 Å². The molecule has 5 nitrogen and oxygen atoms in total. The van der Waals surface area contributed by atoms with Crippen LogP contribution in [-0.4, -0.2) is 5.11 Å². The number of anilines is 1. The maximum Gasteiger partial charge on any atom is 0.205 e. The maximum absolute atomic E-state index is 9.42. The van der Waals surface area contributed by atoms with Gasteiger partial charge in [-0.05, 0) is 23.8 Å². The van der Waals surface area contributed by atoms with Crippen molar-refractivity contribution in [1.29, 1.82) is 5.26 Å². The van der Waals surface area contributed by atoms with Gasteiger partial charge in [-0.3, -0.25) is 0 Å². The highest BCUT2D eigenvalue weighted by molar-refractivity contribution is 5.59. The number of aromatic hydroxyl groups is 1. The number of hydrogen-bond donors (Lipinski definition) is 3. The molecular weight excluding hydrogens is 266 g/mol. The van der Waals surface area contributed by atoms with Crippen molar-refractivity contribution in [1.82, 2.24) is 0 Å². The summed E-state index contributed by atoms with van der Waals surface area (Å²) < 4.78 is 5.50. The van der Waals surface area contributed by atoms with Gasteiger partial charge in [0.25, 0.3) is 0 Å². The van der Waals surface area contributed by atoms with Gasteiger partial charge in [-0.2, -0.15) is 5.26 Å². The molecule has 3 rings (SSSR count). The predicted molar refractivity (Wildman–Crippen MR) is 78.3 cm³/mol. The van der Waals surface area contributed by atoms with Gasteiger partial charge < -0.3 is 21.3 Å². The Morgan fingerprint density at radius 3 is 2.48 bits per heavy atom. The molecule has 0 saturated heterocycles. The molecule has 5 heteroatoms. The van der Waals surface area contributed by atoms with Crippen molar-refractivity contribution in [2.75, 3.05) is 5.73 Å². The third-order valence-electron chi connectivity index (χ3n) is 3.47. The number of hydrogen-bond acceptors (Lipinski definition) is 5. The SMILES string of the molecule is N#CC1=C(N)Oc2cc(N)ccc2[C@@H]1c1ccc(O)cc1. The Hall–Kier alpha value is -3.13. The molecule has 1 atom stereocenters. The van der Waals surface area contributed by atoms with Crippen LogP contribution in [0.15, 0.2) is 53.9 Å². The maximum atomic E-state index is 9.42. The van der Waals surface area contributed by atoms with Gasteiger partial charge in [0, 0.05) is 17.3 Å². The van der Waals surface area contributed by atoms with Crippen LogP contribution in [0.1, 0.15) is 17.0 Å². The molecule has 0 spiro atoms. The minimum absolute atomic E-state index is 0.0775. The molecule has 1 aliphatic heterocycles. The largest absolute Gasteiger partial charge is 0.508 e.